The maximum Gasteiger partial charge on any atom is -0.0130 e. The van der Waals surface area contributed by atoms with E-state index in [1.54, 1.807) is 0 Å². The first kappa shape index (κ1) is 13.0. The third kappa shape index (κ3) is 4.27. The molecule has 0 bridgehead atoms. The molecule has 0 N–H and O–H groups in total. The number of rotatable bonds is 5. The Labute approximate surface area is 88.7 Å². The minimum Gasteiger partial charge on any atom is -0.103 e. The van der Waals surface area contributed by atoms with Gasteiger partial charge < -0.3 is 0 Å². The molecule has 0 saturated heterocycles. The fraction of sp³-hybridized carbons (Fsp3) is 0.429. The summed E-state index contributed by atoms with van der Waals surface area (Å²) in [6.07, 6.45) is 10.5. The molecule has 0 unspecified atom stereocenters. The van der Waals surface area contributed by atoms with Gasteiger partial charge in [0.1, 0.15) is 0 Å². The van der Waals surface area contributed by atoms with Crippen LogP contribution in [0.5, 0.6) is 0 Å². The summed E-state index contributed by atoms with van der Waals surface area (Å²) >= 11 is 0. The first-order chi connectivity index (χ1) is 6.67. The Kier molecular flexibility index (Phi) is 6.82. The highest BCUT2D eigenvalue weighted by Gasteiger charge is 2.00. The van der Waals surface area contributed by atoms with Crippen LogP contribution in [-0.4, -0.2) is 0 Å². The number of hydrogen-bond donors (Lipinski definition) is 0. The van der Waals surface area contributed by atoms with Crippen LogP contribution in [-0.2, 0) is 0 Å². The van der Waals surface area contributed by atoms with Gasteiger partial charge in [-0.05, 0) is 46.1 Å². The van der Waals surface area contributed by atoms with Crippen molar-refractivity contribution in [1.29, 1.82) is 0 Å². The summed E-state index contributed by atoms with van der Waals surface area (Å²) in [5, 5.41) is 0. The summed E-state index contributed by atoms with van der Waals surface area (Å²) in [6, 6.07) is 0. The van der Waals surface area contributed by atoms with E-state index >= 15 is 0 Å². The second kappa shape index (κ2) is 7.37. The van der Waals surface area contributed by atoms with E-state index in [0.29, 0.717) is 0 Å². The van der Waals surface area contributed by atoms with E-state index in [-0.39, 0.29) is 0 Å². The van der Waals surface area contributed by atoms with E-state index in [0.717, 1.165) is 12.8 Å². The molecule has 0 aliphatic heterocycles. The average molecular weight is 190 g/mol. The lowest BCUT2D eigenvalue weighted by molar-refractivity contribution is 1.05. The zero-order chi connectivity index (χ0) is 11.0. The highest BCUT2D eigenvalue weighted by atomic mass is 14.1. The number of hydrogen-bond acceptors (Lipinski definition) is 0. The van der Waals surface area contributed by atoms with Gasteiger partial charge in [0, 0.05) is 0 Å². The van der Waals surface area contributed by atoms with Crippen LogP contribution >= 0.6 is 0 Å². The zero-order valence-electron chi connectivity index (χ0n) is 9.93. The van der Waals surface area contributed by atoms with Gasteiger partial charge in [-0.3, -0.25) is 0 Å². The molecule has 0 atom stereocenters. The van der Waals surface area contributed by atoms with Gasteiger partial charge in [0.2, 0.25) is 0 Å². The summed E-state index contributed by atoms with van der Waals surface area (Å²) in [5.41, 5.74) is 4.24. The van der Waals surface area contributed by atoms with E-state index in [4.69, 9.17) is 0 Å². The van der Waals surface area contributed by atoms with E-state index in [9.17, 15) is 0 Å². The second-order valence-electron chi connectivity index (χ2n) is 3.47. The van der Waals surface area contributed by atoms with Crippen molar-refractivity contribution < 1.29 is 0 Å². The van der Waals surface area contributed by atoms with Gasteiger partial charge in [0.15, 0.2) is 0 Å². The van der Waals surface area contributed by atoms with Gasteiger partial charge in [0.25, 0.3) is 0 Å². The molecule has 0 fully saturated rings. The predicted molar refractivity (Wildman–Crippen MR) is 66.4 cm³/mol. The van der Waals surface area contributed by atoms with Gasteiger partial charge in [-0.15, -0.1) is 6.58 Å². The molecule has 0 amide bonds. The fourth-order valence-corrected chi connectivity index (χ4v) is 1.32. The molecule has 0 aromatic rings. The molecule has 0 radical (unpaired) electrons. The second-order valence-corrected chi connectivity index (χ2v) is 3.47. The van der Waals surface area contributed by atoms with Crippen molar-refractivity contribution in [3.8, 4) is 0 Å². The molecule has 0 rings (SSSR count). The molecular formula is C14H22. The summed E-state index contributed by atoms with van der Waals surface area (Å²) in [5.74, 6) is 0. The lowest BCUT2D eigenvalue weighted by Crippen LogP contribution is -1.89. The van der Waals surface area contributed by atoms with Crippen molar-refractivity contribution in [3.63, 3.8) is 0 Å². The van der Waals surface area contributed by atoms with Gasteiger partial charge in [-0.2, -0.15) is 0 Å². The molecule has 0 heteroatoms. The van der Waals surface area contributed by atoms with Crippen molar-refractivity contribution in [2.75, 3.05) is 0 Å². The summed E-state index contributed by atoms with van der Waals surface area (Å²) in [6.45, 7) is 12.3. The molecular weight excluding hydrogens is 168 g/mol. The van der Waals surface area contributed by atoms with Gasteiger partial charge in [-0.1, -0.05) is 35.5 Å². The van der Waals surface area contributed by atoms with Crippen molar-refractivity contribution >= 4 is 0 Å². The van der Waals surface area contributed by atoms with Crippen LogP contribution in [0.1, 0.15) is 40.5 Å². The minimum atomic E-state index is 0.987. The predicted octanol–water partition coefficient (Wildman–Crippen LogP) is 4.81. The Morgan fingerprint density at radius 1 is 1.14 bits per heavy atom. The van der Waals surface area contributed by atoms with Gasteiger partial charge >= 0.3 is 0 Å². The summed E-state index contributed by atoms with van der Waals surface area (Å²) in [7, 11) is 0. The van der Waals surface area contributed by atoms with Crippen molar-refractivity contribution in [3.05, 3.63) is 47.6 Å². The van der Waals surface area contributed by atoms with E-state index < -0.39 is 0 Å². The molecule has 78 valence electrons. The maximum atomic E-state index is 3.80. The lowest BCUT2D eigenvalue weighted by Gasteiger charge is -2.09. The standard InChI is InChI=1S/C14H22/c1-6-9-11-14(10-7-2)13(5)12(4)8-3/h6-9H,2,10-11H2,1,3-5H3/b9-6?,12-8-,14-13+. The highest BCUT2D eigenvalue weighted by Crippen LogP contribution is 2.20. The van der Waals surface area contributed by atoms with E-state index in [1.807, 2.05) is 6.08 Å². The molecule has 0 spiro atoms. The first-order valence-electron chi connectivity index (χ1n) is 5.21. The molecule has 0 saturated carbocycles. The topological polar surface area (TPSA) is 0 Å². The van der Waals surface area contributed by atoms with Crippen LogP contribution in [0.3, 0.4) is 0 Å². The first-order valence-corrected chi connectivity index (χ1v) is 5.21. The maximum absolute atomic E-state index is 3.80. The van der Waals surface area contributed by atoms with Crippen LogP contribution < -0.4 is 0 Å². The SMILES string of the molecule is C=CC/C(CC=CC)=C(C)\C(C)=C/C. The fourth-order valence-electron chi connectivity index (χ4n) is 1.32. The lowest BCUT2D eigenvalue weighted by atomic mass is 9.97. The number of allylic oxidation sites excluding steroid dienone is 7. The van der Waals surface area contributed by atoms with Crippen molar-refractivity contribution in [1.82, 2.24) is 0 Å². The van der Waals surface area contributed by atoms with Gasteiger partial charge in [-0.25, -0.2) is 0 Å². The van der Waals surface area contributed by atoms with Crippen LogP contribution in [0.4, 0.5) is 0 Å². The smallest absolute Gasteiger partial charge is 0.0130 e. The van der Waals surface area contributed by atoms with Crippen molar-refractivity contribution in [2.45, 2.75) is 40.5 Å². The third-order valence-corrected chi connectivity index (χ3v) is 2.55. The largest absolute Gasteiger partial charge is 0.103 e. The Balaban J connectivity index is 4.83. The monoisotopic (exact) mass is 190 g/mol. The molecule has 0 aromatic heterocycles. The Bertz CT molecular complexity index is 262. The third-order valence-electron chi connectivity index (χ3n) is 2.55. The average Bonchev–Trinajstić information content (AvgIpc) is 2.22. The van der Waals surface area contributed by atoms with Crippen LogP contribution in [0.25, 0.3) is 0 Å². The molecule has 14 heavy (non-hydrogen) atoms. The Hall–Kier alpha value is -1.04. The Morgan fingerprint density at radius 2 is 1.79 bits per heavy atom. The van der Waals surface area contributed by atoms with Crippen LogP contribution in [0.15, 0.2) is 47.6 Å². The van der Waals surface area contributed by atoms with Crippen LogP contribution in [0.2, 0.25) is 0 Å². The highest BCUT2D eigenvalue weighted by molar-refractivity contribution is 5.33. The minimum absolute atomic E-state index is 0.987. The van der Waals surface area contributed by atoms with Gasteiger partial charge in [0.05, 0.1) is 0 Å². The molecule has 0 heterocycles. The molecule has 0 aromatic carbocycles. The molecule has 0 nitrogen and oxygen atoms in total. The quantitative estimate of drug-likeness (QED) is 0.431. The van der Waals surface area contributed by atoms with E-state index in [2.05, 4.69) is 52.5 Å². The molecule has 0 aliphatic rings. The normalized spacial score (nSPS) is 14.4. The zero-order valence-corrected chi connectivity index (χ0v) is 9.93. The summed E-state index contributed by atoms with van der Waals surface area (Å²) in [4.78, 5) is 0. The summed E-state index contributed by atoms with van der Waals surface area (Å²) < 4.78 is 0. The molecule has 0 aliphatic carbocycles. The van der Waals surface area contributed by atoms with Crippen LogP contribution in [0, 0.1) is 0 Å². The Morgan fingerprint density at radius 3 is 2.21 bits per heavy atom. The van der Waals surface area contributed by atoms with Crippen molar-refractivity contribution in [2.24, 2.45) is 0 Å². The van der Waals surface area contributed by atoms with E-state index in [1.165, 1.54) is 16.7 Å².